The highest BCUT2D eigenvalue weighted by Crippen LogP contribution is 2.27. The van der Waals surface area contributed by atoms with Crippen LogP contribution in [-0.4, -0.2) is 28.5 Å². The quantitative estimate of drug-likeness (QED) is 0.762. The molecule has 0 saturated heterocycles. The number of nitrogen functional groups attached to an aromatic ring is 1. The molecule has 0 aliphatic heterocycles. The standard InChI is InChI=1S/C11H16F3N5O/c1-3-4-16-9(20)6(2)17-8-5-7(15)18-10(19-8)11(12,13)14/h5-6H,3-4H2,1-2H3,(H,16,20)(H3,15,17,18,19). The van der Waals surface area contributed by atoms with E-state index in [0.29, 0.717) is 6.54 Å². The van der Waals surface area contributed by atoms with E-state index in [-0.39, 0.29) is 17.5 Å². The molecule has 4 N–H and O–H groups in total. The normalized spacial score (nSPS) is 12.8. The average Bonchev–Trinajstić information content (AvgIpc) is 2.34. The molecule has 0 aromatic carbocycles. The number of anilines is 2. The van der Waals surface area contributed by atoms with E-state index in [1.165, 1.54) is 6.92 Å². The summed E-state index contributed by atoms with van der Waals surface area (Å²) in [7, 11) is 0. The van der Waals surface area contributed by atoms with Gasteiger partial charge in [0.05, 0.1) is 0 Å². The van der Waals surface area contributed by atoms with Crippen LogP contribution in [0, 0.1) is 0 Å². The van der Waals surface area contributed by atoms with Crippen molar-refractivity contribution in [1.29, 1.82) is 0 Å². The number of nitrogens with one attached hydrogen (secondary N) is 2. The maximum atomic E-state index is 12.5. The van der Waals surface area contributed by atoms with Crippen molar-refractivity contribution in [2.45, 2.75) is 32.5 Å². The van der Waals surface area contributed by atoms with E-state index in [1.807, 2.05) is 6.92 Å². The van der Waals surface area contributed by atoms with Crippen LogP contribution in [0.2, 0.25) is 0 Å². The molecule has 0 fully saturated rings. The number of aromatic nitrogens is 2. The fourth-order valence-corrected chi connectivity index (χ4v) is 1.36. The molecule has 1 unspecified atom stereocenters. The number of hydrogen-bond acceptors (Lipinski definition) is 5. The molecule has 1 atom stereocenters. The molecule has 0 radical (unpaired) electrons. The van der Waals surface area contributed by atoms with Crippen LogP contribution in [0.4, 0.5) is 24.8 Å². The van der Waals surface area contributed by atoms with Crippen molar-refractivity contribution in [3.8, 4) is 0 Å². The first-order valence-electron chi connectivity index (χ1n) is 6.00. The lowest BCUT2D eigenvalue weighted by molar-refractivity contribution is -0.144. The smallest absolute Gasteiger partial charge is 0.384 e. The van der Waals surface area contributed by atoms with E-state index in [2.05, 4.69) is 20.6 Å². The van der Waals surface area contributed by atoms with Gasteiger partial charge in [-0.25, -0.2) is 9.97 Å². The molecule has 0 aliphatic rings. The molecule has 0 aliphatic carbocycles. The fraction of sp³-hybridized carbons (Fsp3) is 0.545. The Morgan fingerprint density at radius 1 is 1.45 bits per heavy atom. The van der Waals surface area contributed by atoms with Gasteiger partial charge in [-0.05, 0) is 13.3 Å². The van der Waals surface area contributed by atoms with Crippen molar-refractivity contribution < 1.29 is 18.0 Å². The third kappa shape index (κ3) is 4.56. The van der Waals surface area contributed by atoms with Crippen LogP contribution in [0.1, 0.15) is 26.1 Å². The Hall–Kier alpha value is -2.06. The molecule has 1 rings (SSSR count). The molecule has 1 aromatic rings. The van der Waals surface area contributed by atoms with Crippen molar-refractivity contribution in [3.63, 3.8) is 0 Å². The van der Waals surface area contributed by atoms with Crippen LogP contribution in [0.25, 0.3) is 0 Å². The Balaban J connectivity index is 2.82. The second kappa shape index (κ2) is 6.40. The van der Waals surface area contributed by atoms with Crippen molar-refractivity contribution in [2.75, 3.05) is 17.6 Å². The summed E-state index contributed by atoms with van der Waals surface area (Å²) in [4.78, 5) is 18.0. The van der Waals surface area contributed by atoms with Gasteiger partial charge in [0.2, 0.25) is 11.7 Å². The minimum atomic E-state index is -4.69. The molecule has 0 bridgehead atoms. The monoisotopic (exact) mass is 291 g/mol. The summed E-state index contributed by atoms with van der Waals surface area (Å²) >= 11 is 0. The summed E-state index contributed by atoms with van der Waals surface area (Å²) in [6.07, 6.45) is -3.93. The molecule has 1 aromatic heterocycles. The maximum absolute atomic E-state index is 12.5. The van der Waals surface area contributed by atoms with E-state index in [0.717, 1.165) is 12.5 Å². The number of rotatable bonds is 5. The number of alkyl halides is 3. The summed E-state index contributed by atoms with van der Waals surface area (Å²) in [6, 6.07) is 0.399. The van der Waals surface area contributed by atoms with E-state index < -0.39 is 18.0 Å². The number of nitrogens with zero attached hydrogens (tertiary/aromatic N) is 2. The Labute approximate surface area is 114 Å². The summed E-state index contributed by atoms with van der Waals surface area (Å²) in [5, 5.41) is 5.17. The second-order valence-electron chi connectivity index (χ2n) is 4.16. The minimum Gasteiger partial charge on any atom is -0.384 e. The number of nitrogens with two attached hydrogens (primary N) is 1. The Morgan fingerprint density at radius 3 is 2.65 bits per heavy atom. The summed E-state index contributed by atoms with van der Waals surface area (Å²) in [6.45, 7) is 3.89. The van der Waals surface area contributed by atoms with Crippen molar-refractivity contribution in [2.24, 2.45) is 0 Å². The number of carbonyl (C=O) groups is 1. The molecule has 20 heavy (non-hydrogen) atoms. The highest BCUT2D eigenvalue weighted by Gasteiger charge is 2.35. The average molecular weight is 291 g/mol. The van der Waals surface area contributed by atoms with E-state index >= 15 is 0 Å². The van der Waals surface area contributed by atoms with Crippen LogP contribution < -0.4 is 16.4 Å². The van der Waals surface area contributed by atoms with Crippen molar-refractivity contribution >= 4 is 17.5 Å². The zero-order valence-corrected chi connectivity index (χ0v) is 11.1. The van der Waals surface area contributed by atoms with Gasteiger partial charge in [0.15, 0.2) is 0 Å². The van der Waals surface area contributed by atoms with Crippen LogP contribution in [0.3, 0.4) is 0 Å². The Morgan fingerprint density at radius 2 is 2.10 bits per heavy atom. The molecule has 1 heterocycles. The van der Waals surface area contributed by atoms with Gasteiger partial charge in [-0.1, -0.05) is 6.92 Å². The van der Waals surface area contributed by atoms with Crippen LogP contribution >= 0.6 is 0 Å². The third-order valence-corrected chi connectivity index (χ3v) is 2.31. The molecule has 6 nitrogen and oxygen atoms in total. The maximum Gasteiger partial charge on any atom is 0.451 e. The predicted octanol–water partition coefficient (Wildman–Crippen LogP) is 1.40. The van der Waals surface area contributed by atoms with Crippen molar-refractivity contribution in [3.05, 3.63) is 11.9 Å². The van der Waals surface area contributed by atoms with Gasteiger partial charge in [-0.15, -0.1) is 0 Å². The van der Waals surface area contributed by atoms with Gasteiger partial charge in [-0.3, -0.25) is 4.79 Å². The first-order chi connectivity index (χ1) is 9.24. The molecular weight excluding hydrogens is 275 g/mol. The molecular formula is C11H16F3N5O. The zero-order valence-electron chi connectivity index (χ0n) is 11.1. The van der Waals surface area contributed by atoms with Crippen molar-refractivity contribution in [1.82, 2.24) is 15.3 Å². The second-order valence-corrected chi connectivity index (χ2v) is 4.16. The highest BCUT2D eigenvalue weighted by molar-refractivity contribution is 5.83. The third-order valence-electron chi connectivity index (χ3n) is 2.31. The summed E-state index contributed by atoms with van der Waals surface area (Å²) in [5.41, 5.74) is 5.30. The molecule has 9 heteroatoms. The highest BCUT2D eigenvalue weighted by atomic mass is 19.4. The van der Waals surface area contributed by atoms with Gasteiger partial charge in [0.25, 0.3) is 0 Å². The molecule has 0 spiro atoms. The SMILES string of the molecule is CCCNC(=O)C(C)Nc1cc(N)nc(C(F)(F)F)n1. The zero-order chi connectivity index (χ0) is 15.3. The first-order valence-corrected chi connectivity index (χ1v) is 6.00. The van der Waals surface area contributed by atoms with Gasteiger partial charge < -0.3 is 16.4 Å². The fourth-order valence-electron chi connectivity index (χ4n) is 1.36. The first kappa shape index (κ1) is 16.0. The number of amides is 1. The predicted molar refractivity (Wildman–Crippen MR) is 67.8 cm³/mol. The van der Waals surface area contributed by atoms with E-state index in [1.54, 1.807) is 0 Å². The molecule has 1 amide bonds. The topological polar surface area (TPSA) is 92.9 Å². The van der Waals surface area contributed by atoms with Gasteiger partial charge >= 0.3 is 6.18 Å². The molecule has 112 valence electrons. The van der Waals surface area contributed by atoms with Crippen LogP contribution in [0.5, 0.6) is 0 Å². The Bertz CT molecular complexity index is 478. The summed E-state index contributed by atoms with van der Waals surface area (Å²) in [5.74, 6) is -2.15. The van der Waals surface area contributed by atoms with E-state index in [9.17, 15) is 18.0 Å². The number of halogens is 3. The minimum absolute atomic E-state index is 0.149. The van der Waals surface area contributed by atoms with Gasteiger partial charge in [0.1, 0.15) is 17.7 Å². The lowest BCUT2D eigenvalue weighted by Crippen LogP contribution is -2.38. The summed E-state index contributed by atoms with van der Waals surface area (Å²) < 4.78 is 37.6. The van der Waals surface area contributed by atoms with Gasteiger partial charge in [-0.2, -0.15) is 13.2 Å². The van der Waals surface area contributed by atoms with Crippen LogP contribution in [0.15, 0.2) is 6.07 Å². The molecule has 0 saturated carbocycles. The van der Waals surface area contributed by atoms with Crippen LogP contribution in [-0.2, 0) is 11.0 Å². The largest absolute Gasteiger partial charge is 0.451 e. The number of carbonyl (C=O) groups excluding carboxylic acids is 1. The lowest BCUT2D eigenvalue weighted by Gasteiger charge is -2.15. The van der Waals surface area contributed by atoms with Gasteiger partial charge in [0, 0.05) is 12.6 Å². The number of hydrogen-bond donors (Lipinski definition) is 3. The Kier molecular flexibility index (Phi) is 5.12. The lowest BCUT2D eigenvalue weighted by atomic mass is 10.3. The van der Waals surface area contributed by atoms with E-state index in [4.69, 9.17) is 5.73 Å².